The second kappa shape index (κ2) is 6.31. The summed E-state index contributed by atoms with van der Waals surface area (Å²) in [6, 6.07) is 7.55. The molecule has 0 aliphatic carbocycles. The molecule has 19 heavy (non-hydrogen) atoms. The number of ether oxygens (including phenoxy) is 1. The van der Waals surface area contributed by atoms with E-state index in [-0.39, 0.29) is 12.3 Å². The minimum atomic E-state index is -0.111. The van der Waals surface area contributed by atoms with Gasteiger partial charge in [-0.05, 0) is 17.7 Å². The number of nitrogens with two attached hydrogens (primary N) is 1. The molecule has 3 N–H and O–H groups in total. The van der Waals surface area contributed by atoms with Gasteiger partial charge in [0.05, 0.1) is 18.7 Å². The molecule has 1 aromatic heterocycles. The van der Waals surface area contributed by atoms with Gasteiger partial charge in [0.2, 0.25) is 5.91 Å². The lowest BCUT2D eigenvalue weighted by molar-refractivity contribution is -0.115. The van der Waals surface area contributed by atoms with E-state index in [0.29, 0.717) is 17.4 Å². The molecule has 0 aliphatic rings. The Morgan fingerprint density at radius 1 is 1.53 bits per heavy atom. The molecule has 0 saturated carbocycles. The van der Waals surface area contributed by atoms with E-state index in [2.05, 4.69) is 10.3 Å². The normalized spacial score (nSPS) is 10.4. The Balaban J connectivity index is 1.96. The zero-order chi connectivity index (χ0) is 13.7. The van der Waals surface area contributed by atoms with Crippen molar-refractivity contribution in [3.05, 3.63) is 40.9 Å². The van der Waals surface area contributed by atoms with Crippen molar-refractivity contribution in [1.82, 2.24) is 4.98 Å². The lowest BCUT2D eigenvalue weighted by Crippen LogP contribution is -2.14. The number of nitrogens with zero attached hydrogens (tertiary/aromatic N) is 1. The van der Waals surface area contributed by atoms with Crippen LogP contribution in [0.15, 0.2) is 29.6 Å². The van der Waals surface area contributed by atoms with Crippen LogP contribution in [0.4, 0.5) is 10.8 Å². The first-order valence-electron chi connectivity index (χ1n) is 5.75. The molecule has 0 bridgehead atoms. The van der Waals surface area contributed by atoms with E-state index < -0.39 is 0 Å². The van der Waals surface area contributed by atoms with Crippen molar-refractivity contribution in [2.75, 3.05) is 18.2 Å². The summed E-state index contributed by atoms with van der Waals surface area (Å²) in [4.78, 5) is 15.9. The predicted octanol–water partition coefficient (Wildman–Crippen LogP) is 2.05. The van der Waals surface area contributed by atoms with Crippen LogP contribution in [0.25, 0.3) is 0 Å². The quantitative estimate of drug-likeness (QED) is 0.877. The van der Waals surface area contributed by atoms with Crippen molar-refractivity contribution in [1.29, 1.82) is 0 Å². The first-order valence-corrected chi connectivity index (χ1v) is 6.63. The van der Waals surface area contributed by atoms with Gasteiger partial charge in [-0.2, -0.15) is 0 Å². The monoisotopic (exact) mass is 277 g/mol. The van der Waals surface area contributed by atoms with Crippen molar-refractivity contribution in [3.8, 4) is 0 Å². The molecule has 2 aromatic rings. The Morgan fingerprint density at radius 3 is 3.05 bits per heavy atom. The molecule has 0 fully saturated rings. The molecule has 0 aliphatic heterocycles. The molecule has 5 nitrogen and oxygen atoms in total. The summed E-state index contributed by atoms with van der Waals surface area (Å²) in [5.74, 6) is -0.111. The van der Waals surface area contributed by atoms with Crippen LogP contribution in [-0.4, -0.2) is 18.0 Å². The molecular weight excluding hydrogens is 262 g/mol. The van der Waals surface area contributed by atoms with Crippen LogP contribution in [0.3, 0.4) is 0 Å². The van der Waals surface area contributed by atoms with Crippen molar-refractivity contribution >= 4 is 28.1 Å². The highest BCUT2D eigenvalue weighted by Gasteiger charge is 2.07. The molecular formula is C13H15N3O2S. The van der Waals surface area contributed by atoms with E-state index in [1.165, 1.54) is 11.3 Å². The van der Waals surface area contributed by atoms with Crippen molar-refractivity contribution < 1.29 is 9.53 Å². The predicted molar refractivity (Wildman–Crippen MR) is 76.0 cm³/mol. The molecule has 1 amide bonds. The minimum absolute atomic E-state index is 0.111. The number of aromatic nitrogens is 1. The van der Waals surface area contributed by atoms with Crippen LogP contribution in [0.5, 0.6) is 0 Å². The van der Waals surface area contributed by atoms with Crippen LogP contribution < -0.4 is 11.1 Å². The zero-order valence-electron chi connectivity index (χ0n) is 10.6. The Hall–Kier alpha value is -1.92. The Kier molecular flexibility index (Phi) is 4.48. The van der Waals surface area contributed by atoms with Crippen molar-refractivity contribution in [2.45, 2.75) is 13.0 Å². The number of nitrogens with one attached hydrogen (secondary N) is 1. The van der Waals surface area contributed by atoms with Crippen LogP contribution in [0, 0.1) is 0 Å². The Labute approximate surface area is 115 Å². The number of anilines is 2. The number of thiazole rings is 1. The topological polar surface area (TPSA) is 77.2 Å². The molecule has 0 radical (unpaired) electrons. The van der Waals surface area contributed by atoms with Gasteiger partial charge in [-0.25, -0.2) is 4.98 Å². The van der Waals surface area contributed by atoms with Gasteiger partial charge in [-0.15, -0.1) is 11.3 Å². The zero-order valence-corrected chi connectivity index (χ0v) is 11.4. The summed E-state index contributed by atoms with van der Waals surface area (Å²) in [6.45, 7) is 0.520. The summed E-state index contributed by atoms with van der Waals surface area (Å²) < 4.78 is 5.05. The first kappa shape index (κ1) is 13.5. The first-order chi connectivity index (χ1) is 9.17. The van der Waals surface area contributed by atoms with Gasteiger partial charge in [-0.3, -0.25) is 4.79 Å². The van der Waals surface area contributed by atoms with Crippen molar-refractivity contribution in [2.24, 2.45) is 0 Å². The van der Waals surface area contributed by atoms with Gasteiger partial charge in [0, 0.05) is 18.2 Å². The number of carbonyl (C=O) groups excluding carboxylic acids is 1. The second-order valence-corrected chi connectivity index (χ2v) is 4.93. The molecule has 2 rings (SSSR count). The van der Waals surface area contributed by atoms with E-state index in [4.69, 9.17) is 10.5 Å². The fourth-order valence-corrected chi connectivity index (χ4v) is 2.24. The van der Waals surface area contributed by atoms with E-state index in [0.717, 1.165) is 11.3 Å². The van der Waals surface area contributed by atoms with Gasteiger partial charge in [0.25, 0.3) is 0 Å². The highest BCUT2D eigenvalue weighted by molar-refractivity contribution is 7.13. The Bertz CT molecular complexity index is 569. The molecule has 1 aromatic carbocycles. The second-order valence-electron chi connectivity index (χ2n) is 4.04. The third kappa shape index (κ3) is 4.04. The van der Waals surface area contributed by atoms with Gasteiger partial charge in [0.1, 0.15) is 0 Å². The average Bonchev–Trinajstić information content (AvgIpc) is 2.75. The summed E-state index contributed by atoms with van der Waals surface area (Å²) in [5.41, 5.74) is 7.97. The van der Waals surface area contributed by atoms with Gasteiger partial charge in [-0.1, -0.05) is 12.1 Å². The fraction of sp³-hybridized carbons (Fsp3) is 0.231. The Morgan fingerprint density at radius 2 is 2.37 bits per heavy atom. The summed E-state index contributed by atoms with van der Waals surface area (Å²) in [6.07, 6.45) is 0.224. The van der Waals surface area contributed by atoms with E-state index >= 15 is 0 Å². The molecule has 100 valence electrons. The van der Waals surface area contributed by atoms with Gasteiger partial charge < -0.3 is 15.8 Å². The highest BCUT2D eigenvalue weighted by atomic mass is 32.1. The molecule has 0 unspecified atom stereocenters. The maximum Gasteiger partial charge on any atom is 0.230 e. The molecule has 1 heterocycles. The minimum Gasteiger partial charge on any atom is -0.380 e. The van der Waals surface area contributed by atoms with Gasteiger partial charge in [0.15, 0.2) is 5.13 Å². The third-order valence-corrected chi connectivity index (χ3v) is 3.16. The van der Waals surface area contributed by atoms with Gasteiger partial charge >= 0.3 is 0 Å². The van der Waals surface area contributed by atoms with Crippen LogP contribution in [0.1, 0.15) is 11.3 Å². The molecule has 0 saturated heterocycles. The number of methoxy groups -OCH3 is 1. The maximum absolute atomic E-state index is 11.8. The molecule has 6 heteroatoms. The molecule has 0 spiro atoms. The maximum atomic E-state index is 11.8. The highest BCUT2D eigenvalue weighted by Crippen LogP contribution is 2.14. The van der Waals surface area contributed by atoms with Crippen LogP contribution in [-0.2, 0) is 22.6 Å². The standard InChI is InChI=1S/C13H15N3O2S/c1-18-7-9-3-2-4-10(5-9)15-12(17)6-11-8-19-13(14)16-11/h2-5,8H,6-7H2,1H3,(H2,14,16)(H,15,17). The lowest BCUT2D eigenvalue weighted by atomic mass is 10.2. The average molecular weight is 277 g/mol. The van der Waals surface area contributed by atoms with Crippen LogP contribution >= 0.6 is 11.3 Å². The van der Waals surface area contributed by atoms with E-state index in [1.807, 2.05) is 24.3 Å². The van der Waals surface area contributed by atoms with E-state index in [1.54, 1.807) is 12.5 Å². The van der Waals surface area contributed by atoms with E-state index in [9.17, 15) is 4.79 Å². The number of rotatable bonds is 5. The molecule has 0 atom stereocenters. The smallest absolute Gasteiger partial charge is 0.230 e. The number of hydrogen-bond acceptors (Lipinski definition) is 5. The summed E-state index contributed by atoms with van der Waals surface area (Å²) >= 11 is 1.33. The number of benzene rings is 1. The number of carbonyl (C=O) groups is 1. The fourth-order valence-electron chi connectivity index (χ4n) is 1.68. The van der Waals surface area contributed by atoms with Crippen molar-refractivity contribution in [3.63, 3.8) is 0 Å². The number of amides is 1. The lowest BCUT2D eigenvalue weighted by Gasteiger charge is -2.06. The largest absolute Gasteiger partial charge is 0.380 e. The number of nitrogen functional groups attached to an aromatic ring is 1. The number of hydrogen-bond donors (Lipinski definition) is 2. The third-order valence-electron chi connectivity index (χ3n) is 2.43. The van der Waals surface area contributed by atoms with Crippen LogP contribution in [0.2, 0.25) is 0 Å². The SMILES string of the molecule is COCc1cccc(NC(=O)Cc2csc(N)n2)c1. The summed E-state index contributed by atoms with van der Waals surface area (Å²) in [7, 11) is 1.64. The summed E-state index contributed by atoms with van der Waals surface area (Å²) in [5, 5.41) is 5.09.